The summed E-state index contributed by atoms with van der Waals surface area (Å²) in [5, 5.41) is 6.06. The number of benzene rings is 1. The highest BCUT2D eigenvalue weighted by atomic mass is 35.5. The van der Waals surface area contributed by atoms with Crippen molar-refractivity contribution in [1.82, 2.24) is 5.32 Å². The van der Waals surface area contributed by atoms with Crippen molar-refractivity contribution in [2.75, 3.05) is 11.9 Å². The second-order valence-electron chi connectivity index (χ2n) is 5.12. The molecule has 0 aliphatic heterocycles. The molecule has 0 spiro atoms. The zero-order valence-corrected chi connectivity index (χ0v) is 13.3. The molecule has 0 bridgehead atoms. The quantitative estimate of drug-likeness (QED) is 0.771. The van der Waals surface area contributed by atoms with E-state index in [0.29, 0.717) is 23.6 Å². The van der Waals surface area contributed by atoms with Gasteiger partial charge in [0.1, 0.15) is 0 Å². The Labute approximate surface area is 135 Å². The summed E-state index contributed by atoms with van der Waals surface area (Å²) in [4.78, 5) is 23.4. The van der Waals surface area contributed by atoms with Crippen LogP contribution in [-0.2, 0) is 9.59 Å². The van der Waals surface area contributed by atoms with E-state index in [2.05, 4.69) is 10.6 Å². The number of halogens is 2. The van der Waals surface area contributed by atoms with Crippen LogP contribution in [0.1, 0.15) is 24.8 Å². The molecule has 1 aliphatic carbocycles. The molecule has 1 aromatic carbocycles. The van der Waals surface area contributed by atoms with Gasteiger partial charge < -0.3 is 16.4 Å². The first-order valence-electron chi connectivity index (χ1n) is 6.54. The molecule has 2 amide bonds. The van der Waals surface area contributed by atoms with Crippen LogP contribution in [0.5, 0.6) is 0 Å². The predicted octanol–water partition coefficient (Wildman–Crippen LogP) is 2.01. The smallest absolute Gasteiger partial charge is 0.240 e. The Morgan fingerprint density at radius 1 is 1.38 bits per heavy atom. The summed E-state index contributed by atoms with van der Waals surface area (Å²) in [6.07, 6.45) is 1.63. The van der Waals surface area contributed by atoms with Crippen molar-refractivity contribution in [2.24, 2.45) is 5.73 Å². The third kappa shape index (κ3) is 4.59. The van der Waals surface area contributed by atoms with E-state index >= 15 is 0 Å². The van der Waals surface area contributed by atoms with Crippen LogP contribution in [0.4, 0.5) is 5.69 Å². The summed E-state index contributed by atoms with van der Waals surface area (Å²) < 4.78 is 0. The lowest BCUT2D eigenvalue weighted by Gasteiger charge is -2.11. The molecule has 21 heavy (non-hydrogen) atoms. The van der Waals surface area contributed by atoms with E-state index in [0.717, 1.165) is 5.56 Å². The van der Waals surface area contributed by atoms with Crippen LogP contribution < -0.4 is 16.4 Å². The van der Waals surface area contributed by atoms with Crippen molar-refractivity contribution in [3.05, 3.63) is 28.8 Å². The molecule has 5 nitrogen and oxygen atoms in total. The van der Waals surface area contributed by atoms with Crippen LogP contribution in [0, 0.1) is 6.92 Å². The van der Waals surface area contributed by atoms with Crippen molar-refractivity contribution in [3.63, 3.8) is 0 Å². The number of rotatable bonds is 5. The predicted molar refractivity (Wildman–Crippen MR) is 85.8 cm³/mol. The SMILES string of the molecule is Cc1c(Cl)cccc1NC(=O)CCNC(=O)C1(N)CC1.Cl. The largest absolute Gasteiger partial charge is 0.354 e. The molecule has 116 valence electrons. The maximum Gasteiger partial charge on any atom is 0.240 e. The Morgan fingerprint density at radius 2 is 2.05 bits per heavy atom. The number of nitrogens with two attached hydrogens (primary N) is 1. The van der Waals surface area contributed by atoms with Gasteiger partial charge >= 0.3 is 0 Å². The van der Waals surface area contributed by atoms with E-state index in [1.807, 2.05) is 6.92 Å². The highest BCUT2D eigenvalue weighted by Crippen LogP contribution is 2.32. The monoisotopic (exact) mass is 331 g/mol. The lowest BCUT2D eigenvalue weighted by Crippen LogP contribution is -2.43. The van der Waals surface area contributed by atoms with Gasteiger partial charge in [0.2, 0.25) is 11.8 Å². The van der Waals surface area contributed by atoms with Crippen LogP contribution >= 0.6 is 24.0 Å². The minimum absolute atomic E-state index is 0. The van der Waals surface area contributed by atoms with E-state index in [4.69, 9.17) is 17.3 Å². The second-order valence-corrected chi connectivity index (χ2v) is 5.53. The van der Waals surface area contributed by atoms with Crippen LogP contribution in [0.15, 0.2) is 18.2 Å². The highest BCUT2D eigenvalue weighted by Gasteiger charge is 2.45. The molecular formula is C14H19Cl2N3O2. The van der Waals surface area contributed by atoms with E-state index in [-0.39, 0.29) is 37.2 Å². The molecule has 1 saturated carbocycles. The number of hydrogen-bond donors (Lipinski definition) is 3. The molecule has 1 aromatic rings. The van der Waals surface area contributed by atoms with Crippen LogP contribution in [0.3, 0.4) is 0 Å². The number of carbonyl (C=O) groups is 2. The van der Waals surface area contributed by atoms with Gasteiger partial charge in [-0.1, -0.05) is 17.7 Å². The zero-order chi connectivity index (χ0) is 14.8. The molecule has 0 aromatic heterocycles. The average molecular weight is 332 g/mol. The van der Waals surface area contributed by atoms with Crippen LogP contribution in [-0.4, -0.2) is 23.9 Å². The van der Waals surface area contributed by atoms with Crippen molar-refractivity contribution < 1.29 is 9.59 Å². The topological polar surface area (TPSA) is 84.2 Å². The third-order valence-corrected chi connectivity index (χ3v) is 3.83. The maximum atomic E-state index is 11.8. The molecule has 0 heterocycles. The first-order valence-corrected chi connectivity index (χ1v) is 6.92. The molecule has 0 unspecified atom stereocenters. The molecule has 0 radical (unpaired) electrons. The van der Waals surface area contributed by atoms with Gasteiger partial charge in [-0.05, 0) is 37.5 Å². The van der Waals surface area contributed by atoms with Gasteiger partial charge in [0.05, 0.1) is 5.54 Å². The minimum Gasteiger partial charge on any atom is -0.354 e. The molecule has 1 fully saturated rings. The van der Waals surface area contributed by atoms with E-state index < -0.39 is 5.54 Å². The number of nitrogens with one attached hydrogen (secondary N) is 2. The fourth-order valence-electron chi connectivity index (χ4n) is 1.78. The maximum absolute atomic E-state index is 11.8. The summed E-state index contributed by atoms with van der Waals surface area (Å²) in [6.45, 7) is 2.12. The van der Waals surface area contributed by atoms with Gasteiger partial charge in [-0.15, -0.1) is 12.4 Å². The molecule has 2 rings (SSSR count). The summed E-state index contributed by atoms with van der Waals surface area (Å²) in [6, 6.07) is 5.33. The van der Waals surface area contributed by atoms with E-state index in [1.165, 1.54) is 0 Å². The highest BCUT2D eigenvalue weighted by molar-refractivity contribution is 6.31. The zero-order valence-electron chi connectivity index (χ0n) is 11.7. The normalized spacial score (nSPS) is 14.8. The molecular weight excluding hydrogens is 313 g/mol. The number of anilines is 1. The van der Waals surface area contributed by atoms with Crippen molar-refractivity contribution >= 4 is 41.5 Å². The Balaban J connectivity index is 0.00000220. The van der Waals surface area contributed by atoms with Gasteiger partial charge in [-0.2, -0.15) is 0 Å². The van der Waals surface area contributed by atoms with Gasteiger partial charge in [0, 0.05) is 23.7 Å². The van der Waals surface area contributed by atoms with Gasteiger partial charge in [0.25, 0.3) is 0 Å². The number of amides is 2. The van der Waals surface area contributed by atoms with Crippen LogP contribution in [0.2, 0.25) is 5.02 Å². The Morgan fingerprint density at radius 3 is 2.67 bits per heavy atom. The lowest BCUT2D eigenvalue weighted by molar-refractivity contribution is -0.123. The number of carbonyl (C=O) groups excluding carboxylic acids is 2. The second kappa shape index (κ2) is 7.11. The fraction of sp³-hybridized carbons (Fsp3) is 0.429. The van der Waals surface area contributed by atoms with Crippen LogP contribution in [0.25, 0.3) is 0 Å². The Hall–Kier alpha value is -1.30. The molecule has 1 aliphatic rings. The average Bonchev–Trinajstić information content (AvgIpc) is 3.14. The van der Waals surface area contributed by atoms with E-state index in [1.54, 1.807) is 18.2 Å². The van der Waals surface area contributed by atoms with Gasteiger partial charge in [0.15, 0.2) is 0 Å². The van der Waals surface area contributed by atoms with E-state index in [9.17, 15) is 9.59 Å². The van der Waals surface area contributed by atoms with Crippen molar-refractivity contribution in [2.45, 2.75) is 31.7 Å². The summed E-state index contributed by atoms with van der Waals surface area (Å²) >= 11 is 5.98. The lowest BCUT2D eigenvalue weighted by atomic mass is 10.2. The van der Waals surface area contributed by atoms with Gasteiger partial charge in [-0.25, -0.2) is 0 Å². The molecule has 7 heteroatoms. The summed E-state index contributed by atoms with van der Waals surface area (Å²) in [5.41, 5.74) is 6.56. The van der Waals surface area contributed by atoms with Gasteiger partial charge in [-0.3, -0.25) is 9.59 Å². The minimum atomic E-state index is -0.694. The Kier molecular flexibility index (Phi) is 6.01. The Bertz CT molecular complexity index is 545. The molecule has 0 atom stereocenters. The first-order chi connectivity index (χ1) is 9.42. The first kappa shape index (κ1) is 17.8. The standard InChI is InChI=1S/C14H18ClN3O2.ClH/c1-9-10(15)3-2-4-11(9)18-12(19)5-8-17-13(20)14(16)6-7-14;/h2-4H,5-8,16H2,1H3,(H,17,20)(H,18,19);1H. The number of hydrogen-bond acceptors (Lipinski definition) is 3. The summed E-state index contributed by atoms with van der Waals surface area (Å²) in [5.74, 6) is -0.346. The molecule has 0 saturated heterocycles. The summed E-state index contributed by atoms with van der Waals surface area (Å²) in [7, 11) is 0. The molecule has 4 N–H and O–H groups in total. The van der Waals surface area contributed by atoms with Crippen molar-refractivity contribution in [1.29, 1.82) is 0 Å². The third-order valence-electron chi connectivity index (χ3n) is 3.42. The fourth-order valence-corrected chi connectivity index (χ4v) is 1.96. The van der Waals surface area contributed by atoms with Crippen molar-refractivity contribution in [3.8, 4) is 0 Å².